The number of nitrogens with zero attached hydrogens (tertiary/aromatic N) is 2. The highest BCUT2D eigenvalue weighted by molar-refractivity contribution is 14.1. The first kappa shape index (κ1) is 26.2. The molecule has 32 heavy (non-hydrogen) atoms. The van der Waals surface area contributed by atoms with Crippen LogP contribution in [-0.2, 0) is 11.3 Å². The number of aryl methyl sites for hydroxylation is 1. The van der Waals surface area contributed by atoms with Gasteiger partial charge < -0.3 is 25.5 Å². The predicted octanol–water partition coefficient (Wildman–Crippen LogP) is 3.69. The normalized spacial score (nSPS) is 20.2. The van der Waals surface area contributed by atoms with Gasteiger partial charge in [0.1, 0.15) is 18.4 Å². The molecule has 0 amide bonds. The minimum Gasteiger partial charge on any atom is -0.488 e. The topological polar surface area (TPSA) is 98.5 Å². The Morgan fingerprint density at radius 1 is 1.56 bits per heavy atom. The molecule has 0 saturated heterocycles. The van der Waals surface area contributed by atoms with Crippen molar-refractivity contribution in [2.75, 3.05) is 20.3 Å². The maximum atomic E-state index is 13.7. The molecule has 0 aromatic carbocycles. The van der Waals surface area contributed by atoms with Crippen LogP contribution in [-0.4, -0.2) is 56.5 Å². The number of pyridine rings is 1. The van der Waals surface area contributed by atoms with E-state index in [9.17, 15) is 14.3 Å². The van der Waals surface area contributed by atoms with E-state index >= 15 is 0 Å². The van der Waals surface area contributed by atoms with Crippen molar-refractivity contribution in [3.63, 3.8) is 0 Å². The molecular formula is C23H32FIN4O3. The van der Waals surface area contributed by atoms with Crippen LogP contribution < -0.4 is 10.1 Å². The number of Topliss-reactive ketones (excluding diaryl/α,β-unsaturated/α-hetero) is 1. The number of ketones is 1. The van der Waals surface area contributed by atoms with Crippen LogP contribution in [0.15, 0.2) is 36.3 Å². The summed E-state index contributed by atoms with van der Waals surface area (Å²) in [5, 5.41) is 20.8. The fraction of sp³-hybridized carbons (Fsp3) is 0.522. The molecule has 0 saturated carbocycles. The van der Waals surface area contributed by atoms with Crippen molar-refractivity contribution in [3.05, 3.63) is 47.6 Å². The smallest absolute Gasteiger partial charge is 0.192 e. The Balaban J connectivity index is 2.12. The molecule has 0 bridgehead atoms. The highest BCUT2D eigenvalue weighted by atomic mass is 127. The fourth-order valence-electron chi connectivity index (χ4n) is 3.50. The number of rotatable bonds is 11. The molecule has 3 unspecified atom stereocenters. The molecule has 1 aliphatic heterocycles. The summed E-state index contributed by atoms with van der Waals surface area (Å²) >= 11 is 1.69. The summed E-state index contributed by atoms with van der Waals surface area (Å²) in [5.41, 5.74) is 2.46. The predicted molar refractivity (Wildman–Crippen MR) is 132 cm³/mol. The van der Waals surface area contributed by atoms with Gasteiger partial charge in [-0.25, -0.2) is 4.39 Å². The van der Waals surface area contributed by atoms with E-state index in [-0.39, 0.29) is 30.6 Å². The Labute approximate surface area is 202 Å². The number of aliphatic hydroxyl groups excluding tert-OH is 1. The number of nitrogens with one attached hydrogen (secondary N) is 2. The first-order valence-corrected chi connectivity index (χ1v) is 11.7. The third kappa shape index (κ3) is 7.26. The standard InChI is InChI=1S/C23H32FIN4O3/c1-5-16(7-9-30)22(31)21-18(19(26)6-8-29(21)4)12-27-11-17-10-15(2)20(13-28-17)32-14-23(3,24)25/h6,8,10,12-13,16,21,26-27,30H,5,7,9,11,14H2,1-4H3/b18-12+,26-19?. The molecule has 9 heteroatoms. The van der Waals surface area contributed by atoms with E-state index in [0.29, 0.717) is 30.7 Å². The molecule has 1 aromatic heterocycles. The van der Waals surface area contributed by atoms with Gasteiger partial charge in [0, 0.05) is 37.5 Å². The Morgan fingerprint density at radius 3 is 2.88 bits per heavy atom. The molecule has 0 fully saturated rings. The van der Waals surface area contributed by atoms with E-state index in [1.807, 2.05) is 27.0 Å². The zero-order valence-corrected chi connectivity index (χ0v) is 21.1. The van der Waals surface area contributed by atoms with Crippen LogP contribution in [0.25, 0.3) is 0 Å². The Hall–Kier alpha value is -2.01. The van der Waals surface area contributed by atoms with Crippen molar-refractivity contribution < 1.29 is 19.0 Å². The summed E-state index contributed by atoms with van der Waals surface area (Å²) in [5.74, 6) is 0.270. The molecule has 3 atom stereocenters. The lowest BCUT2D eigenvalue weighted by Gasteiger charge is -2.33. The lowest BCUT2D eigenvalue weighted by Crippen LogP contribution is -2.45. The van der Waals surface area contributed by atoms with E-state index in [2.05, 4.69) is 10.3 Å². The van der Waals surface area contributed by atoms with Crippen molar-refractivity contribution in [1.82, 2.24) is 15.2 Å². The molecule has 2 heterocycles. The monoisotopic (exact) mass is 558 g/mol. The zero-order valence-electron chi connectivity index (χ0n) is 19.0. The molecule has 176 valence electrons. The van der Waals surface area contributed by atoms with Crippen LogP contribution in [0.3, 0.4) is 0 Å². The third-order valence-corrected chi connectivity index (χ3v) is 5.58. The minimum absolute atomic E-state index is 0.00297. The SMILES string of the molecule is CCC(CCO)C(=O)C1/C(=C/NCc2cc(C)c(OCC(C)(F)I)cn2)C(=N)C=CN1C. The first-order valence-electron chi connectivity index (χ1n) is 10.6. The van der Waals surface area contributed by atoms with Gasteiger partial charge in [0.05, 0.1) is 24.1 Å². The Morgan fingerprint density at radius 2 is 2.28 bits per heavy atom. The van der Waals surface area contributed by atoms with Gasteiger partial charge >= 0.3 is 0 Å². The van der Waals surface area contributed by atoms with Gasteiger partial charge in [-0.05, 0) is 67.0 Å². The van der Waals surface area contributed by atoms with E-state index in [4.69, 9.17) is 10.1 Å². The zero-order chi connectivity index (χ0) is 23.9. The van der Waals surface area contributed by atoms with Gasteiger partial charge in [-0.15, -0.1) is 0 Å². The number of likely N-dealkylation sites (N-methyl/N-ethyl adjacent to an activating group) is 1. The molecule has 0 spiro atoms. The molecule has 1 aliphatic rings. The number of halogens is 2. The Bertz CT molecular complexity index is 882. The van der Waals surface area contributed by atoms with Crippen LogP contribution in [0.5, 0.6) is 5.75 Å². The second kappa shape index (κ2) is 11.7. The maximum absolute atomic E-state index is 13.7. The van der Waals surface area contributed by atoms with E-state index in [1.165, 1.54) is 6.92 Å². The van der Waals surface area contributed by atoms with Crippen LogP contribution in [0, 0.1) is 18.3 Å². The minimum atomic E-state index is -1.45. The molecule has 2 rings (SSSR count). The lowest BCUT2D eigenvalue weighted by molar-refractivity contribution is -0.126. The van der Waals surface area contributed by atoms with Crippen LogP contribution in [0.2, 0.25) is 0 Å². The first-order chi connectivity index (χ1) is 15.1. The van der Waals surface area contributed by atoms with E-state index in [1.54, 1.807) is 52.2 Å². The summed E-state index contributed by atoms with van der Waals surface area (Å²) in [6, 6.07) is 1.28. The molecule has 7 nitrogen and oxygen atoms in total. The maximum Gasteiger partial charge on any atom is 0.192 e. The summed E-state index contributed by atoms with van der Waals surface area (Å²) in [6.45, 7) is 5.54. The van der Waals surface area contributed by atoms with Gasteiger partial charge in [0.15, 0.2) is 9.46 Å². The number of carbonyl (C=O) groups is 1. The molecular weight excluding hydrogens is 526 g/mol. The fourth-order valence-corrected chi connectivity index (χ4v) is 3.65. The summed E-state index contributed by atoms with van der Waals surface area (Å²) in [4.78, 5) is 19.3. The number of alkyl halides is 2. The number of carbonyl (C=O) groups excluding carboxylic acids is 1. The van der Waals surface area contributed by atoms with Gasteiger partial charge in [-0.2, -0.15) is 0 Å². The molecule has 0 radical (unpaired) electrons. The van der Waals surface area contributed by atoms with Crippen LogP contribution in [0.1, 0.15) is 37.9 Å². The lowest BCUT2D eigenvalue weighted by atomic mass is 9.86. The van der Waals surface area contributed by atoms with E-state index in [0.717, 1.165) is 11.3 Å². The van der Waals surface area contributed by atoms with Crippen molar-refractivity contribution in [3.8, 4) is 5.75 Å². The average Bonchev–Trinajstić information content (AvgIpc) is 2.72. The molecule has 0 aliphatic carbocycles. The van der Waals surface area contributed by atoms with Crippen LogP contribution >= 0.6 is 22.6 Å². The third-order valence-electron chi connectivity index (χ3n) is 5.27. The van der Waals surface area contributed by atoms with Crippen molar-refractivity contribution in [2.24, 2.45) is 5.92 Å². The quantitative estimate of drug-likeness (QED) is 0.283. The number of aliphatic hydroxyl groups is 1. The van der Waals surface area contributed by atoms with Gasteiger partial charge in [-0.1, -0.05) is 6.92 Å². The van der Waals surface area contributed by atoms with Gasteiger partial charge in [0.2, 0.25) is 0 Å². The van der Waals surface area contributed by atoms with E-state index < -0.39 is 9.72 Å². The van der Waals surface area contributed by atoms with Crippen LogP contribution in [0.4, 0.5) is 4.39 Å². The second-order valence-electron chi connectivity index (χ2n) is 8.10. The number of hydrogen-bond acceptors (Lipinski definition) is 7. The largest absolute Gasteiger partial charge is 0.488 e. The van der Waals surface area contributed by atoms with Gasteiger partial charge in [0.25, 0.3) is 0 Å². The number of allylic oxidation sites excluding steroid dienone is 1. The van der Waals surface area contributed by atoms with Crippen molar-refractivity contribution in [1.29, 1.82) is 5.41 Å². The summed E-state index contributed by atoms with van der Waals surface area (Å²) in [7, 11) is 1.81. The van der Waals surface area contributed by atoms with Crippen molar-refractivity contribution >= 4 is 34.1 Å². The summed E-state index contributed by atoms with van der Waals surface area (Å²) in [6.07, 6.45) is 7.71. The number of aromatic nitrogens is 1. The average molecular weight is 558 g/mol. The van der Waals surface area contributed by atoms with Crippen molar-refractivity contribution in [2.45, 2.75) is 49.9 Å². The highest BCUT2D eigenvalue weighted by Gasteiger charge is 2.34. The number of ether oxygens (including phenoxy) is 1. The van der Waals surface area contributed by atoms with Gasteiger partial charge in [-0.3, -0.25) is 9.78 Å². The highest BCUT2D eigenvalue weighted by Crippen LogP contribution is 2.25. The summed E-state index contributed by atoms with van der Waals surface area (Å²) < 4.78 is 17.7. The number of hydrogen-bond donors (Lipinski definition) is 3. The molecule has 3 N–H and O–H groups in total. The molecule has 1 aromatic rings. The second-order valence-corrected chi connectivity index (χ2v) is 10.3. The Kier molecular flexibility index (Phi) is 9.63.